The number of aromatic nitrogens is 1. The number of carboxylic acids is 1. The van der Waals surface area contributed by atoms with Gasteiger partial charge in [0, 0.05) is 15.4 Å². The second-order valence-corrected chi connectivity index (χ2v) is 7.33. The molecule has 1 amide bonds. The first-order valence-corrected chi connectivity index (χ1v) is 8.92. The van der Waals surface area contributed by atoms with Crippen LogP contribution in [0.5, 0.6) is 0 Å². The van der Waals surface area contributed by atoms with Gasteiger partial charge in [0.1, 0.15) is 11.0 Å². The lowest BCUT2D eigenvalue weighted by Crippen LogP contribution is -2.43. The van der Waals surface area contributed by atoms with Crippen LogP contribution in [0.1, 0.15) is 18.5 Å². The minimum absolute atomic E-state index is 0.0733. The van der Waals surface area contributed by atoms with Gasteiger partial charge in [-0.3, -0.25) is 4.79 Å². The number of benzene rings is 1. The minimum atomic E-state index is -0.964. The summed E-state index contributed by atoms with van der Waals surface area (Å²) in [6, 6.07) is 7.03. The highest BCUT2D eigenvalue weighted by Crippen LogP contribution is 2.33. The Morgan fingerprint density at radius 3 is 2.87 bits per heavy atom. The maximum Gasteiger partial charge on any atom is 0.326 e. The second-order valence-electron chi connectivity index (χ2n) is 5.55. The number of halogens is 1. The summed E-state index contributed by atoms with van der Waals surface area (Å²) in [7, 11) is 0. The van der Waals surface area contributed by atoms with E-state index in [0.717, 1.165) is 27.9 Å². The third kappa shape index (κ3) is 4.17. The summed E-state index contributed by atoms with van der Waals surface area (Å²) in [6.07, 6.45) is 1.82. The lowest BCUT2D eigenvalue weighted by molar-refractivity contribution is -0.142. The average Bonchev–Trinajstić information content (AvgIpc) is 3.23. The molecule has 1 unspecified atom stereocenters. The zero-order chi connectivity index (χ0) is 16.4. The number of aliphatic carboxylic acids is 1. The molecule has 1 fully saturated rings. The number of hydrogen-bond donors (Lipinski definition) is 2. The molecule has 0 radical (unpaired) electrons. The van der Waals surface area contributed by atoms with E-state index >= 15 is 0 Å². The largest absolute Gasteiger partial charge is 0.480 e. The van der Waals surface area contributed by atoms with Crippen molar-refractivity contribution in [3.05, 3.63) is 39.8 Å². The molecule has 0 bridgehead atoms. The van der Waals surface area contributed by atoms with Crippen molar-refractivity contribution >= 4 is 39.1 Å². The van der Waals surface area contributed by atoms with Gasteiger partial charge < -0.3 is 10.4 Å². The van der Waals surface area contributed by atoms with Gasteiger partial charge in [0.2, 0.25) is 5.91 Å². The Labute approximate surface area is 145 Å². The fourth-order valence-corrected chi connectivity index (χ4v) is 3.56. The van der Waals surface area contributed by atoms with Crippen LogP contribution in [0.4, 0.5) is 0 Å². The third-order valence-electron chi connectivity index (χ3n) is 3.64. The first-order valence-electron chi connectivity index (χ1n) is 7.25. The van der Waals surface area contributed by atoms with Gasteiger partial charge in [-0.15, -0.1) is 11.3 Å². The highest BCUT2D eigenvalue weighted by atomic mass is 79.9. The smallest absolute Gasteiger partial charge is 0.326 e. The van der Waals surface area contributed by atoms with Crippen molar-refractivity contribution < 1.29 is 14.7 Å². The maximum atomic E-state index is 12.0. The van der Waals surface area contributed by atoms with Crippen LogP contribution in [0, 0.1) is 5.92 Å². The van der Waals surface area contributed by atoms with Crippen molar-refractivity contribution in [2.75, 3.05) is 0 Å². The van der Waals surface area contributed by atoms with E-state index in [9.17, 15) is 9.59 Å². The first-order chi connectivity index (χ1) is 11.0. The molecule has 1 aliphatic carbocycles. The average molecular weight is 395 g/mol. The van der Waals surface area contributed by atoms with E-state index in [-0.39, 0.29) is 18.2 Å². The van der Waals surface area contributed by atoms with Crippen LogP contribution in [0.15, 0.2) is 34.1 Å². The summed E-state index contributed by atoms with van der Waals surface area (Å²) in [5.41, 5.74) is 1.64. The Morgan fingerprint density at radius 1 is 1.43 bits per heavy atom. The molecule has 0 spiro atoms. The standard InChI is InChI=1S/C16H15BrN2O3S/c17-11-3-1-2-10(6-11)15-18-12(8-23-15)7-13(20)19-14(16(21)22)9-4-5-9/h1-3,6,8-9,14H,4-5,7H2,(H,19,20)(H,21,22). The number of hydrogen-bond acceptors (Lipinski definition) is 4. The Morgan fingerprint density at radius 2 is 2.22 bits per heavy atom. The molecule has 1 heterocycles. The van der Waals surface area contributed by atoms with Crippen molar-refractivity contribution in [1.29, 1.82) is 0 Å². The number of rotatable bonds is 6. The summed E-state index contributed by atoms with van der Waals surface area (Å²) in [4.78, 5) is 27.7. The van der Waals surface area contributed by atoms with E-state index in [1.807, 2.05) is 29.6 Å². The molecular weight excluding hydrogens is 380 g/mol. The van der Waals surface area contributed by atoms with Gasteiger partial charge in [0.25, 0.3) is 0 Å². The molecule has 1 aromatic heterocycles. The Bertz CT molecular complexity index is 742. The third-order valence-corrected chi connectivity index (χ3v) is 5.07. The van der Waals surface area contributed by atoms with Crippen molar-refractivity contribution in [1.82, 2.24) is 10.3 Å². The lowest BCUT2D eigenvalue weighted by Gasteiger charge is -2.12. The van der Waals surface area contributed by atoms with Gasteiger partial charge >= 0.3 is 5.97 Å². The van der Waals surface area contributed by atoms with Crippen molar-refractivity contribution in [2.45, 2.75) is 25.3 Å². The predicted octanol–water partition coefficient (Wildman–Crippen LogP) is 3.09. The SMILES string of the molecule is O=C(Cc1csc(-c2cccc(Br)c2)n1)NC(C(=O)O)C1CC1. The number of nitrogens with zero attached hydrogens (tertiary/aromatic N) is 1. The topological polar surface area (TPSA) is 79.3 Å². The molecule has 3 rings (SSSR count). The summed E-state index contributed by atoms with van der Waals surface area (Å²) in [5, 5.41) is 14.4. The zero-order valence-electron chi connectivity index (χ0n) is 12.2. The molecular formula is C16H15BrN2O3S. The van der Waals surface area contributed by atoms with Gasteiger partial charge in [-0.25, -0.2) is 9.78 Å². The van der Waals surface area contributed by atoms with Crippen LogP contribution in [0.25, 0.3) is 10.6 Å². The fraction of sp³-hybridized carbons (Fsp3) is 0.312. The van der Waals surface area contributed by atoms with Gasteiger partial charge in [0.05, 0.1) is 12.1 Å². The predicted molar refractivity (Wildman–Crippen MR) is 91.2 cm³/mol. The van der Waals surface area contributed by atoms with Crippen LogP contribution in [0.2, 0.25) is 0 Å². The first kappa shape index (κ1) is 16.1. The molecule has 2 N–H and O–H groups in total. The molecule has 1 atom stereocenters. The Hall–Kier alpha value is -1.73. The fourth-order valence-electron chi connectivity index (χ4n) is 2.34. The maximum absolute atomic E-state index is 12.0. The number of carbonyl (C=O) groups excluding carboxylic acids is 1. The van der Waals surface area contributed by atoms with E-state index in [1.54, 1.807) is 0 Å². The van der Waals surface area contributed by atoms with E-state index in [1.165, 1.54) is 11.3 Å². The number of carboxylic acid groups (broad SMARTS) is 1. The highest BCUT2D eigenvalue weighted by molar-refractivity contribution is 9.10. The summed E-state index contributed by atoms with van der Waals surface area (Å²) < 4.78 is 0.971. The van der Waals surface area contributed by atoms with Crippen LogP contribution in [0.3, 0.4) is 0 Å². The molecule has 1 aromatic carbocycles. The molecule has 0 aliphatic heterocycles. The normalized spacial score (nSPS) is 15.2. The molecule has 5 nitrogen and oxygen atoms in total. The molecule has 0 saturated heterocycles. The van der Waals surface area contributed by atoms with Gasteiger partial charge in [0.15, 0.2) is 0 Å². The zero-order valence-corrected chi connectivity index (χ0v) is 14.6. The molecule has 1 aliphatic rings. The van der Waals surface area contributed by atoms with Crippen LogP contribution < -0.4 is 5.32 Å². The van der Waals surface area contributed by atoms with Crippen LogP contribution in [-0.2, 0) is 16.0 Å². The van der Waals surface area contributed by atoms with E-state index in [0.29, 0.717) is 5.69 Å². The lowest BCUT2D eigenvalue weighted by atomic mass is 10.2. The number of nitrogens with one attached hydrogen (secondary N) is 1. The van der Waals surface area contributed by atoms with Crippen LogP contribution in [-0.4, -0.2) is 28.0 Å². The van der Waals surface area contributed by atoms with E-state index < -0.39 is 12.0 Å². The Balaban J connectivity index is 1.64. The van der Waals surface area contributed by atoms with Crippen molar-refractivity contribution in [3.63, 3.8) is 0 Å². The number of carbonyl (C=O) groups is 2. The van der Waals surface area contributed by atoms with Crippen LogP contribution >= 0.6 is 27.3 Å². The highest BCUT2D eigenvalue weighted by Gasteiger charge is 2.37. The monoisotopic (exact) mass is 394 g/mol. The Kier molecular flexibility index (Phi) is 4.77. The number of amides is 1. The number of thiazole rings is 1. The van der Waals surface area contributed by atoms with E-state index in [4.69, 9.17) is 5.11 Å². The molecule has 1 saturated carbocycles. The van der Waals surface area contributed by atoms with Crippen molar-refractivity contribution in [3.8, 4) is 10.6 Å². The molecule has 7 heteroatoms. The van der Waals surface area contributed by atoms with Gasteiger partial charge in [-0.05, 0) is 30.9 Å². The van der Waals surface area contributed by atoms with Gasteiger partial charge in [-0.2, -0.15) is 0 Å². The molecule has 2 aromatic rings. The van der Waals surface area contributed by atoms with Gasteiger partial charge in [-0.1, -0.05) is 28.1 Å². The second kappa shape index (κ2) is 6.80. The minimum Gasteiger partial charge on any atom is -0.480 e. The summed E-state index contributed by atoms with van der Waals surface area (Å²) in [5.74, 6) is -1.19. The molecule has 23 heavy (non-hydrogen) atoms. The summed E-state index contributed by atoms with van der Waals surface area (Å²) in [6.45, 7) is 0. The van der Waals surface area contributed by atoms with E-state index in [2.05, 4.69) is 26.2 Å². The molecule has 120 valence electrons. The van der Waals surface area contributed by atoms with Crippen molar-refractivity contribution in [2.24, 2.45) is 5.92 Å². The quantitative estimate of drug-likeness (QED) is 0.788. The summed E-state index contributed by atoms with van der Waals surface area (Å²) >= 11 is 4.89.